The number of benzene rings is 2. The zero-order valence-electron chi connectivity index (χ0n) is 12.8. The number of nitrogens with zero attached hydrogens (tertiary/aromatic N) is 4. The predicted molar refractivity (Wildman–Crippen MR) is 86.2 cm³/mol. The average molecular weight is 348 g/mol. The van der Waals surface area contributed by atoms with Gasteiger partial charge in [-0.2, -0.15) is 4.68 Å². The number of ether oxygens (including phenoxy) is 1. The van der Waals surface area contributed by atoms with E-state index < -0.39 is 11.6 Å². The quantitative estimate of drug-likeness (QED) is 0.637. The summed E-state index contributed by atoms with van der Waals surface area (Å²) < 4.78 is 34.1. The molecule has 0 bridgehead atoms. The lowest BCUT2D eigenvalue weighted by atomic mass is 10.2. The van der Waals surface area contributed by atoms with Gasteiger partial charge >= 0.3 is 0 Å². The zero-order chi connectivity index (χ0) is 16.9. The fourth-order valence-electron chi connectivity index (χ4n) is 2.13. The maximum Gasteiger partial charge on any atom is 0.214 e. The topological polar surface area (TPSA) is 52.8 Å². The molecule has 1 aromatic heterocycles. The Morgan fingerprint density at radius 3 is 2.79 bits per heavy atom. The lowest BCUT2D eigenvalue weighted by molar-refractivity contribution is 0.337. The van der Waals surface area contributed by atoms with Crippen molar-refractivity contribution in [2.45, 2.75) is 17.8 Å². The van der Waals surface area contributed by atoms with Crippen molar-refractivity contribution < 1.29 is 13.5 Å². The standard InChI is InChI=1S/C16H14F2N4OS/c1-2-23-14-9-4-3-8-13(14)22-16(19-20-21-22)24-10-11-6-5-7-12(17)15(11)18/h3-9H,2,10H2,1H3. The van der Waals surface area contributed by atoms with Crippen LogP contribution in [0.4, 0.5) is 8.78 Å². The maximum atomic E-state index is 13.8. The summed E-state index contributed by atoms with van der Waals surface area (Å²) in [5.41, 5.74) is 0.944. The van der Waals surface area contributed by atoms with E-state index >= 15 is 0 Å². The van der Waals surface area contributed by atoms with Gasteiger partial charge < -0.3 is 4.74 Å². The van der Waals surface area contributed by atoms with Crippen molar-refractivity contribution in [2.24, 2.45) is 0 Å². The lowest BCUT2D eigenvalue weighted by Gasteiger charge is -2.10. The SMILES string of the molecule is CCOc1ccccc1-n1nnnc1SCc1cccc(F)c1F. The number of rotatable bonds is 6. The summed E-state index contributed by atoms with van der Waals surface area (Å²) >= 11 is 1.22. The van der Waals surface area contributed by atoms with Crippen molar-refractivity contribution in [3.05, 3.63) is 59.7 Å². The molecule has 0 aliphatic heterocycles. The van der Waals surface area contributed by atoms with E-state index in [1.54, 1.807) is 0 Å². The molecule has 0 unspecified atom stereocenters. The molecule has 0 spiro atoms. The third-order valence-electron chi connectivity index (χ3n) is 3.22. The van der Waals surface area contributed by atoms with Gasteiger partial charge in [-0.1, -0.05) is 36.0 Å². The van der Waals surface area contributed by atoms with Crippen LogP contribution in [-0.2, 0) is 5.75 Å². The van der Waals surface area contributed by atoms with Crippen molar-refractivity contribution in [1.82, 2.24) is 20.2 Å². The first-order chi connectivity index (χ1) is 11.7. The van der Waals surface area contributed by atoms with Crippen molar-refractivity contribution in [1.29, 1.82) is 0 Å². The second kappa shape index (κ2) is 7.39. The zero-order valence-corrected chi connectivity index (χ0v) is 13.6. The number of aromatic nitrogens is 4. The molecular weight excluding hydrogens is 334 g/mol. The van der Waals surface area contributed by atoms with Crippen LogP contribution in [0, 0.1) is 11.6 Å². The van der Waals surface area contributed by atoms with Crippen molar-refractivity contribution in [2.75, 3.05) is 6.61 Å². The number of para-hydroxylation sites is 2. The summed E-state index contributed by atoms with van der Waals surface area (Å²) in [5, 5.41) is 12.1. The Balaban J connectivity index is 1.85. The van der Waals surface area contributed by atoms with Crippen LogP contribution in [0.25, 0.3) is 5.69 Å². The fraction of sp³-hybridized carbons (Fsp3) is 0.188. The summed E-state index contributed by atoms with van der Waals surface area (Å²) in [6.07, 6.45) is 0. The molecule has 0 saturated heterocycles. The predicted octanol–water partition coefficient (Wildman–Crippen LogP) is 3.63. The van der Waals surface area contributed by atoms with Gasteiger partial charge in [0.2, 0.25) is 5.16 Å². The van der Waals surface area contributed by atoms with Crippen LogP contribution in [0.3, 0.4) is 0 Å². The minimum absolute atomic E-state index is 0.209. The monoisotopic (exact) mass is 348 g/mol. The van der Waals surface area contributed by atoms with Gasteiger partial charge in [-0.25, -0.2) is 8.78 Å². The third kappa shape index (κ3) is 3.38. The smallest absolute Gasteiger partial charge is 0.214 e. The van der Waals surface area contributed by atoms with E-state index in [0.29, 0.717) is 23.2 Å². The van der Waals surface area contributed by atoms with Crippen LogP contribution >= 0.6 is 11.8 Å². The van der Waals surface area contributed by atoms with Gasteiger partial charge in [-0.15, -0.1) is 5.10 Å². The summed E-state index contributed by atoms with van der Waals surface area (Å²) in [5.74, 6) is -0.861. The van der Waals surface area contributed by atoms with Crippen LogP contribution in [0.5, 0.6) is 5.75 Å². The normalized spacial score (nSPS) is 10.8. The number of hydrogen-bond acceptors (Lipinski definition) is 5. The maximum absolute atomic E-state index is 13.8. The van der Waals surface area contributed by atoms with Gasteiger partial charge in [0, 0.05) is 11.3 Å². The highest BCUT2D eigenvalue weighted by atomic mass is 32.2. The molecule has 1 heterocycles. The van der Waals surface area contributed by atoms with Crippen LogP contribution in [0.2, 0.25) is 0 Å². The van der Waals surface area contributed by atoms with Crippen molar-refractivity contribution >= 4 is 11.8 Å². The molecule has 2 aromatic carbocycles. The molecule has 124 valence electrons. The molecule has 0 N–H and O–H groups in total. The Hall–Kier alpha value is -2.48. The fourth-order valence-corrected chi connectivity index (χ4v) is 2.99. The Morgan fingerprint density at radius 2 is 1.96 bits per heavy atom. The first-order valence-corrected chi connectivity index (χ1v) is 8.25. The minimum atomic E-state index is -0.866. The Morgan fingerprint density at radius 1 is 1.12 bits per heavy atom. The number of halogens is 2. The molecule has 0 fully saturated rings. The van der Waals surface area contributed by atoms with E-state index in [4.69, 9.17) is 4.74 Å². The molecule has 0 atom stereocenters. The minimum Gasteiger partial charge on any atom is -0.492 e. The van der Waals surface area contributed by atoms with E-state index in [9.17, 15) is 8.78 Å². The van der Waals surface area contributed by atoms with Gasteiger partial charge in [0.25, 0.3) is 0 Å². The van der Waals surface area contributed by atoms with E-state index in [0.717, 1.165) is 6.07 Å². The Labute approximate surface area is 141 Å². The molecule has 5 nitrogen and oxygen atoms in total. The second-order valence-corrected chi connectivity index (χ2v) is 5.72. The van der Waals surface area contributed by atoms with Crippen LogP contribution in [0.15, 0.2) is 47.6 Å². The number of tetrazole rings is 1. The summed E-state index contributed by atoms with van der Waals surface area (Å²) in [6.45, 7) is 2.40. The first kappa shape index (κ1) is 16.4. The van der Waals surface area contributed by atoms with Gasteiger partial charge in [0.05, 0.1) is 6.61 Å². The molecular formula is C16H14F2N4OS. The molecule has 0 saturated carbocycles. The molecule has 8 heteroatoms. The van der Waals surface area contributed by atoms with Gasteiger partial charge in [-0.05, 0) is 35.5 Å². The molecule has 24 heavy (non-hydrogen) atoms. The second-order valence-electron chi connectivity index (χ2n) is 4.78. The molecule has 3 rings (SSSR count). The van der Waals surface area contributed by atoms with Crippen LogP contribution < -0.4 is 4.74 Å². The van der Waals surface area contributed by atoms with Crippen molar-refractivity contribution in [3.8, 4) is 11.4 Å². The molecule has 0 aliphatic rings. The van der Waals surface area contributed by atoms with Crippen molar-refractivity contribution in [3.63, 3.8) is 0 Å². The summed E-state index contributed by atoms with van der Waals surface area (Å²) in [7, 11) is 0. The summed E-state index contributed by atoms with van der Waals surface area (Å²) in [4.78, 5) is 0. The number of hydrogen-bond donors (Lipinski definition) is 0. The highest BCUT2D eigenvalue weighted by Gasteiger charge is 2.15. The van der Waals surface area contributed by atoms with E-state index in [1.165, 1.54) is 28.6 Å². The highest BCUT2D eigenvalue weighted by molar-refractivity contribution is 7.98. The van der Waals surface area contributed by atoms with Gasteiger partial charge in [-0.3, -0.25) is 0 Å². The Bertz CT molecular complexity index is 840. The molecule has 0 aliphatic carbocycles. The first-order valence-electron chi connectivity index (χ1n) is 7.27. The third-order valence-corrected chi connectivity index (χ3v) is 4.19. The highest BCUT2D eigenvalue weighted by Crippen LogP contribution is 2.28. The Kier molecular flexibility index (Phi) is 5.05. The average Bonchev–Trinajstić information content (AvgIpc) is 3.05. The molecule has 0 amide bonds. The molecule has 0 radical (unpaired) electrons. The van der Waals surface area contributed by atoms with Crippen LogP contribution in [-0.4, -0.2) is 26.8 Å². The van der Waals surface area contributed by atoms with E-state index in [2.05, 4.69) is 15.5 Å². The molecule has 3 aromatic rings. The van der Waals surface area contributed by atoms with E-state index in [-0.39, 0.29) is 11.3 Å². The number of thioether (sulfide) groups is 1. The summed E-state index contributed by atoms with van der Waals surface area (Å²) in [6, 6.07) is 11.4. The van der Waals surface area contributed by atoms with Gasteiger partial charge in [0.1, 0.15) is 11.4 Å². The van der Waals surface area contributed by atoms with Crippen LogP contribution in [0.1, 0.15) is 12.5 Å². The van der Waals surface area contributed by atoms with E-state index in [1.807, 2.05) is 31.2 Å². The van der Waals surface area contributed by atoms with Gasteiger partial charge in [0.15, 0.2) is 11.6 Å². The largest absolute Gasteiger partial charge is 0.492 e. The lowest BCUT2D eigenvalue weighted by Crippen LogP contribution is -2.03.